The molecule has 9 heteroatoms. The van der Waals surface area contributed by atoms with Gasteiger partial charge in [0.05, 0.1) is 19.1 Å². The molecule has 2 N–H and O–H groups in total. The molecule has 8 nitrogen and oxygen atoms in total. The Morgan fingerprint density at radius 3 is 2.88 bits per heavy atom. The quantitative estimate of drug-likeness (QED) is 0.730. The molecule has 4 rings (SSSR count). The van der Waals surface area contributed by atoms with Gasteiger partial charge in [-0.05, 0) is 0 Å². The van der Waals surface area contributed by atoms with Crippen LogP contribution in [-0.2, 0) is 20.9 Å². The first-order valence-corrected chi connectivity index (χ1v) is 8.88. The van der Waals surface area contributed by atoms with E-state index in [1.165, 1.54) is 4.88 Å². The summed E-state index contributed by atoms with van der Waals surface area (Å²) in [6.07, 6.45) is 1.99. The first-order valence-electron chi connectivity index (χ1n) is 8.06. The average Bonchev–Trinajstić information content (AvgIpc) is 3.28. The van der Waals surface area contributed by atoms with Crippen molar-refractivity contribution in [2.75, 3.05) is 50.8 Å². The molecule has 3 aliphatic heterocycles. The first kappa shape index (κ1) is 17.1. The van der Waals surface area contributed by atoms with Crippen molar-refractivity contribution in [1.82, 2.24) is 15.2 Å². The van der Waals surface area contributed by atoms with Crippen LogP contribution in [0, 0.1) is 11.8 Å². The van der Waals surface area contributed by atoms with Crippen LogP contribution in [0.3, 0.4) is 0 Å². The summed E-state index contributed by atoms with van der Waals surface area (Å²) in [4.78, 5) is 30.6. The van der Waals surface area contributed by atoms with Gasteiger partial charge < -0.3 is 20.1 Å². The van der Waals surface area contributed by atoms with Crippen LogP contribution in [0.5, 0.6) is 0 Å². The predicted octanol–water partition coefficient (Wildman–Crippen LogP) is -0.142. The highest BCUT2D eigenvalue weighted by atomic mass is 32.1. The number of thiazole rings is 1. The lowest BCUT2D eigenvalue weighted by molar-refractivity contribution is -0.123. The van der Waals surface area contributed by atoms with E-state index in [-0.39, 0.29) is 18.3 Å². The number of nitrogens with zero attached hydrogens (tertiary/aromatic N) is 3. The Morgan fingerprint density at radius 1 is 1.42 bits per heavy atom. The number of carbonyl (C=O) groups excluding carboxylic acids is 1. The summed E-state index contributed by atoms with van der Waals surface area (Å²) in [7, 11) is 0. The highest BCUT2D eigenvalue weighted by Crippen LogP contribution is 2.30. The zero-order chi connectivity index (χ0) is 16.9. The Labute approximate surface area is 144 Å². The zero-order valence-electron chi connectivity index (χ0n) is 13.4. The SMILES string of the molecule is O=C1NC[C@H]2CN(Cc3cnc(N4CCOCC4)s3)C[C@@H]12.O=CO. The Bertz CT molecular complexity index is 576. The summed E-state index contributed by atoms with van der Waals surface area (Å²) in [6, 6.07) is 0. The number of anilines is 1. The van der Waals surface area contributed by atoms with E-state index in [0.717, 1.165) is 57.6 Å². The normalized spacial score (nSPS) is 26.5. The minimum Gasteiger partial charge on any atom is -0.483 e. The fourth-order valence-corrected chi connectivity index (χ4v) is 4.45. The number of morpholine rings is 1. The molecule has 3 fully saturated rings. The maximum atomic E-state index is 11.7. The third kappa shape index (κ3) is 3.85. The van der Waals surface area contributed by atoms with E-state index in [4.69, 9.17) is 14.6 Å². The Kier molecular flexibility index (Phi) is 5.64. The van der Waals surface area contributed by atoms with E-state index >= 15 is 0 Å². The molecule has 3 saturated heterocycles. The summed E-state index contributed by atoms with van der Waals surface area (Å²) >= 11 is 1.77. The first-order chi connectivity index (χ1) is 11.7. The molecule has 2 atom stereocenters. The number of nitrogens with one attached hydrogen (secondary N) is 1. The number of amides is 1. The molecule has 1 amide bonds. The van der Waals surface area contributed by atoms with Crippen molar-refractivity contribution in [3.05, 3.63) is 11.1 Å². The van der Waals surface area contributed by atoms with Crippen LogP contribution in [-0.4, -0.2) is 73.3 Å². The van der Waals surface area contributed by atoms with Crippen molar-refractivity contribution in [1.29, 1.82) is 0 Å². The number of ether oxygens (including phenoxy) is 1. The number of aromatic nitrogens is 1. The maximum Gasteiger partial charge on any atom is 0.290 e. The molecule has 0 aliphatic carbocycles. The Morgan fingerprint density at radius 2 is 2.17 bits per heavy atom. The third-order valence-electron chi connectivity index (χ3n) is 4.59. The second-order valence-electron chi connectivity index (χ2n) is 6.12. The number of carboxylic acid groups (broad SMARTS) is 1. The number of fused-ring (bicyclic) bond motifs is 1. The standard InChI is InChI=1S/C14H20N4O2S.CH2O2/c19-13-12-9-17(7-10(12)5-15-13)8-11-6-16-14(21-11)18-1-3-20-4-2-18;2-1-3/h6,10,12H,1-5,7-9H2,(H,15,19);1H,(H,2,3)/t10-,12+;/m0./s1. The Hall–Kier alpha value is -1.71. The van der Waals surface area contributed by atoms with Gasteiger partial charge >= 0.3 is 0 Å². The minimum absolute atomic E-state index is 0.205. The highest BCUT2D eigenvalue weighted by molar-refractivity contribution is 7.15. The van der Waals surface area contributed by atoms with E-state index in [0.29, 0.717) is 5.92 Å². The molecule has 0 bridgehead atoms. The fourth-order valence-electron chi connectivity index (χ4n) is 3.45. The lowest BCUT2D eigenvalue weighted by Crippen LogP contribution is -2.36. The summed E-state index contributed by atoms with van der Waals surface area (Å²) in [5, 5.41) is 11.0. The fraction of sp³-hybridized carbons (Fsp3) is 0.667. The van der Waals surface area contributed by atoms with Crippen molar-refractivity contribution in [2.24, 2.45) is 11.8 Å². The number of hydrogen-bond donors (Lipinski definition) is 2. The van der Waals surface area contributed by atoms with E-state index < -0.39 is 0 Å². The molecule has 0 unspecified atom stereocenters. The van der Waals surface area contributed by atoms with Gasteiger partial charge in [-0.25, -0.2) is 4.98 Å². The van der Waals surface area contributed by atoms with Crippen molar-refractivity contribution >= 4 is 28.8 Å². The molecular formula is C15H22N4O4S. The molecule has 4 heterocycles. The maximum absolute atomic E-state index is 11.7. The smallest absolute Gasteiger partial charge is 0.290 e. The second-order valence-corrected chi connectivity index (χ2v) is 7.21. The Balaban J connectivity index is 0.000000526. The zero-order valence-corrected chi connectivity index (χ0v) is 14.2. The summed E-state index contributed by atoms with van der Waals surface area (Å²) in [6.45, 7) is 6.88. The van der Waals surface area contributed by atoms with Crippen molar-refractivity contribution < 1.29 is 19.4 Å². The van der Waals surface area contributed by atoms with Gasteiger partial charge in [0, 0.05) is 56.3 Å². The average molecular weight is 354 g/mol. The second kappa shape index (κ2) is 7.91. The topological polar surface area (TPSA) is 95.0 Å². The van der Waals surface area contributed by atoms with Crippen molar-refractivity contribution in [3.8, 4) is 0 Å². The number of likely N-dealkylation sites (tertiary alicyclic amines) is 1. The van der Waals surface area contributed by atoms with Gasteiger partial charge in [0.1, 0.15) is 0 Å². The lowest BCUT2D eigenvalue weighted by atomic mass is 10.0. The lowest BCUT2D eigenvalue weighted by Gasteiger charge is -2.26. The van der Waals surface area contributed by atoms with Crippen LogP contribution in [0.2, 0.25) is 0 Å². The molecule has 0 radical (unpaired) electrons. The number of rotatable bonds is 3. The summed E-state index contributed by atoms with van der Waals surface area (Å²) in [5.41, 5.74) is 0. The summed E-state index contributed by atoms with van der Waals surface area (Å²) < 4.78 is 5.38. The van der Waals surface area contributed by atoms with Crippen LogP contribution in [0.25, 0.3) is 0 Å². The third-order valence-corrected chi connectivity index (χ3v) is 5.64. The molecular weight excluding hydrogens is 332 g/mol. The van der Waals surface area contributed by atoms with Crippen LogP contribution >= 0.6 is 11.3 Å². The van der Waals surface area contributed by atoms with Crippen LogP contribution in [0.1, 0.15) is 4.88 Å². The molecule has 3 aliphatic rings. The highest BCUT2D eigenvalue weighted by Gasteiger charge is 2.41. The number of hydrogen-bond acceptors (Lipinski definition) is 7. The molecule has 0 spiro atoms. The van der Waals surface area contributed by atoms with Crippen LogP contribution in [0.15, 0.2) is 6.20 Å². The van der Waals surface area contributed by atoms with Gasteiger partial charge in [-0.3, -0.25) is 14.5 Å². The molecule has 0 saturated carbocycles. The largest absolute Gasteiger partial charge is 0.483 e. The molecule has 132 valence electrons. The summed E-state index contributed by atoms with van der Waals surface area (Å²) in [5.74, 6) is 0.946. The molecule has 1 aromatic rings. The van der Waals surface area contributed by atoms with Crippen LogP contribution < -0.4 is 10.2 Å². The van der Waals surface area contributed by atoms with Gasteiger partial charge in [0.25, 0.3) is 6.47 Å². The van der Waals surface area contributed by atoms with Gasteiger partial charge in [-0.1, -0.05) is 0 Å². The van der Waals surface area contributed by atoms with Gasteiger partial charge in [0.2, 0.25) is 5.91 Å². The van der Waals surface area contributed by atoms with E-state index in [1.807, 2.05) is 6.20 Å². The van der Waals surface area contributed by atoms with Crippen LogP contribution in [0.4, 0.5) is 5.13 Å². The van der Waals surface area contributed by atoms with E-state index in [2.05, 4.69) is 20.1 Å². The van der Waals surface area contributed by atoms with E-state index in [9.17, 15) is 4.79 Å². The van der Waals surface area contributed by atoms with Gasteiger partial charge in [-0.2, -0.15) is 0 Å². The van der Waals surface area contributed by atoms with Gasteiger partial charge in [0.15, 0.2) is 5.13 Å². The van der Waals surface area contributed by atoms with Gasteiger partial charge in [-0.15, -0.1) is 11.3 Å². The minimum atomic E-state index is -0.250. The molecule has 24 heavy (non-hydrogen) atoms. The van der Waals surface area contributed by atoms with Crippen molar-refractivity contribution in [2.45, 2.75) is 6.54 Å². The predicted molar refractivity (Wildman–Crippen MR) is 89.1 cm³/mol. The number of carbonyl (C=O) groups is 2. The monoisotopic (exact) mass is 354 g/mol. The molecule has 1 aromatic heterocycles. The molecule has 0 aromatic carbocycles. The van der Waals surface area contributed by atoms with E-state index in [1.54, 1.807) is 11.3 Å². The van der Waals surface area contributed by atoms with Crippen molar-refractivity contribution in [3.63, 3.8) is 0 Å².